The van der Waals surface area contributed by atoms with Crippen LogP contribution in [0.2, 0.25) is 0 Å². The molecule has 0 fully saturated rings. The van der Waals surface area contributed by atoms with E-state index in [1.54, 1.807) is 20.1 Å². The molecule has 11 heteroatoms. The molecule has 1 atom stereocenters. The van der Waals surface area contributed by atoms with Crippen LogP contribution >= 0.6 is 0 Å². The summed E-state index contributed by atoms with van der Waals surface area (Å²) in [5.41, 5.74) is 5.58. The van der Waals surface area contributed by atoms with E-state index in [1.807, 2.05) is 0 Å². The summed E-state index contributed by atoms with van der Waals surface area (Å²) in [5.74, 6) is 0.980. The number of nitrogens with zero attached hydrogens (tertiary/aromatic N) is 3. The highest BCUT2D eigenvalue weighted by molar-refractivity contribution is 5.88. The molecule has 3 aromatic rings. The molecule has 3 N–H and O–H groups in total. The molecule has 0 spiro atoms. The number of aromatic nitrogens is 3. The van der Waals surface area contributed by atoms with Gasteiger partial charge in [0.05, 0.1) is 30.7 Å². The van der Waals surface area contributed by atoms with Crippen LogP contribution in [0, 0.1) is 0 Å². The lowest BCUT2D eigenvalue weighted by Gasteiger charge is -2.19. The van der Waals surface area contributed by atoms with Crippen LogP contribution in [-0.4, -0.2) is 42.4 Å². The van der Waals surface area contributed by atoms with E-state index in [0.29, 0.717) is 34.8 Å². The fourth-order valence-electron chi connectivity index (χ4n) is 2.93. The van der Waals surface area contributed by atoms with Crippen LogP contribution in [0.3, 0.4) is 0 Å². The van der Waals surface area contributed by atoms with Crippen LogP contribution < -0.4 is 20.5 Å². The number of benzene rings is 1. The Morgan fingerprint density at radius 2 is 1.87 bits per heavy atom. The van der Waals surface area contributed by atoms with Gasteiger partial charge in [-0.15, -0.1) is 0 Å². The maximum absolute atomic E-state index is 13.2. The fourth-order valence-corrected chi connectivity index (χ4v) is 2.93. The number of fused-ring (bicyclic) bond motifs is 1. The van der Waals surface area contributed by atoms with Crippen molar-refractivity contribution in [2.75, 3.05) is 38.5 Å². The van der Waals surface area contributed by atoms with E-state index in [2.05, 4.69) is 20.3 Å². The molecule has 1 aromatic carbocycles. The maximum Gasteiger partial charge on any atom is 0.416 e. The largest absolute Gasteiger partial charge is 0.486 e. The van der Waals surface area contributed by atoms with Crippen molar-refractivity contribution in [3.05, 3.63) is 41.7 Å². The molecule has 2 aromatic heterocycles. The van der Waals surface area contributed by atoms with Gasteiger partial charge in [0.1, 0.15) is 18.8 Å². The van der Waals surface area contributed by atoms with Gasteiger partial charge in [0.2, 0.25) is 0 Å². The summed E-state index contributed by atoms with van der Waals surface area (Å²) in [7, 11) is 3.01. The Balaban J connectivity index is 1.95. The van der Waals surface area contributed by atoms with Gasteiger partial charge in [0.15, 0.2) is 11.4 Å². The molecular weight excluding hydrogens is 415 g/mol. The van der Waals surface area contributed by atoms with Gasteiger partial charge >= 0.3 is 6.18 Å². The number of pyridine rings is 1. The Morgan fingerprint density at radius 1 is 1.10 bits per heavy atom. The molecule has 166 valence electrons. The molecule has 0 saturated carbocycles. The zero-order valence-electron chi connectivity index (χ0n) is 17.2. The highest BCUT2D eigenvalue weighted by atomic mass is 19.4. The fraction of sp³-hybridized carbons (Fsp3) is 0.350. The first-order valence-electron chi connectivity index (χ1n) is 9.28. The number of nitrogens with one attached hydrogen (secondary N) is 1. The molecule has 0 aliphatic heterocycles. The quantitative estimate of drug-likeness (QED) is 0.405. The van der Waals surface area contributed by atoms with Crippen LogP contribution in [0.4, 0.5) is 24.7 Å². The van der Waals surface area contributed by atoms with Gasteiger partial charge in [-0.25, -0.2) is 9.97 Å². The molecule has 0 radical (unpaired) electrons. The summed E-state index contributed by atoms with van der Waals surface area (Å²) in [6, 6.07) is 4.56. The lowest BCUT2D eigenvalue weighted by Crippen LogP contribution is -2.12. The van der Waals surface area contributed by atoms with Crippen molar-refractivity contribution >= 4 is 22.5 Å². The highest BCUT2D eigenvalue weighted by Gasteiger charge is 2.31. The zero-order chi connectivity index (χ0) is 22.6. The summed E-state index contributed by atoms with van der Waals surface area (Å²) in [6.45, 7) is 2.35. The van der Waals surface area contributed by atoms with Gasteiger partial charge in [-0.3, -0.25) is 0 Å². The third kappa shape index (κ3) is 5.23. The second-order valence-electron chi connectivity index (χ2n) is 6.68. The first-order chi connectivity index (χ1) is 14.7. The van der Waals surface area contributed by atoms with E-state index in [-0.39, 0.29) is 18.2 Å². The lowest BCUT2D eigenvalue weighted by molar-refractivity contribution is -0.137. The molecule has 0 aliphatic carbocycles. The van der Waals surface area contributed by atoms with Crippen molar-refractivity contribution in [3.63, 3.8) is 0 Å². The number of hydrogen-bond acceptors (Lipinski definition) is 8. The Bertz CT molecular complexity index is 1060. The van der Waals surface area contributed by atoms with Crippen LogP contribution in [-0.2, 0) is 10.9 Å². The molecule has 3 rings (SSSR count). The second kappa shape index (κ2) is 9.21. The topological polar surface area (TPSA) is 104 Å². The number of halogens is 3. The molecule has 0 bridgehead atoms. The summed E-state index contributed by atoms with van der Waals surface area (Å²) in [6.07, 6.45) is -3.20. The molecule has 0 aliphatic rings. The van der Waals surface area contributed by atoms with E-state index in [1.165, 1.54) is 19.5 Å². The van der Waals surface area contributed by atoms with E-state index in [4.69, 9.17) is 19.9 Å². The third-order valence-electron chi connectivity index (χ3n) is 4.45. The first-order valence-corrected chi connectivity index (χ1v) is 9.28. The Labute approximate surface area is 176 Å². The van der Waals surface area contributed by atoms with E-state index in [0.717, 1.165) is 12.1 Å². The molecule has 0 unspecified atom stereocenters. The van der Waals surface area contributed by atoms with Gasteiger partial charge in [-0.2, -0.15) is 18.2 Å². The summed E-state index contributed by atoms with van der Waals surface area (Å²) >= 11 is 0. The summed E-state index contributed by atoms with van der Waals surface area (Å²) < 4.78 is 55.3. The molecule has 31 heavy (non-hydrogen) atoms. The minimum absolute atomic E-state index is 0.0197. The normalized spacial score (nSPS) is 12.6. The molecular formula is C20H22F3N5O3. The van der Waals surface area contributed by atoms with E-state index in [9.17, 15) is 13.2 Å². The smallest absolute Gasteiger partial charge is 0.416 e. The molecule has 8 nitrogen and oxygen atoms in total. The monoisotopic (exact) mass is 437 g/mol. The minimum Gasteiger partial charge on any atom is -0.486 e. The molecule has 2 heterocycles. The zero-order valence-corrected chi connectivity index (χ0v) is 17.2. The highest BCUT2D eigenvalue weighted by Crippen LogP contribution is 2.35. The number of nitrogens with two attached hydrogens (primary N) is 1. The average molecular weight is 437 g/mol. The minimum atomic E-state index is -4.50. The Morgan fingerprint density at radius 3 is 2.55 bits per heavy atom. The number of nitrogen functional groups attached to an aromatic ring is 1. The SMILES string of the molecule is COCCOc1cc2c(N[C@H](C)c3cc(N)cc(C(F)(F)F)c3)ncnc2nc1OC. The van der Waals surface area contributed by atoms with Gasteiger partial charge < -0.3 is 25.3 Å². The third-order valence-corrected chi connectivity index (χ3v) is 4.45. The van der Waals surface area contributed by atoms with E-state index >= 15 is 0 Å². The standard InChI is InChI=1S/C20H22F3N5O3/c1-11(12-6-13(20(21,22)23)8-14(24)7-12)27-17-15-9-16(31-5-4-29-2)19(30-3)28-18(15)26-10-25-17/h6-11H,4-5,24H2,1-3H3,(H,25,26,27,28)/t11-/m1/s1. The maximum atomic E-state index is 13.2. The average Bonchev–Trinajstić information content (AvgIpc) is 2.72. The number of ether oxygens (including phenoxy) is 3. The van der Waals surface area contributed by atoms with Crippen LogP contribution in [0.5, 0.6) is 11.6 Å². The predicted octanol–water partition coefficient (Wildman–Crippen LogP) is 3.83. The van der Waals surface area contributed by atoms with Crippen molar-refractivity contribution in [1.82, 2.24) is 15.0 Å². The molecule has 0 amide bonds. The first kappa shape index (κ1) is 22.3. The number of hydrogen-bond donors (Lipinski definition) is 2. The number of rotatable bonds is 8. The Kier molecular flexibility index (Phi) is 6.64. The molecule has 0 saturated heterocycles. The lowest BCUT2D eigenvalue weighted by atomic mass is 10.0. The van der Waals surface area contributed by atoms with Crippen LogP contribution in [0.15, 0.2) is 30.6 Å². The van der Waals surface area contributed by atoms with Crippen molar-refractivity contribution in [2.45, 2.75) is 19.1 Å². The van der Waals surface area contributed by atoms with Crippen molar-refractivity contribution in [1.29, 1.82) is 0 Å². The van der Waals surface area contributed by atoms with Crippen LogP contribution in [0.25, 0.3) is 11.0 Å². The van der Waals surface area contributed by atoms with Crippen LogP contribution in [0.1, 0.15) is 24.1 Å². The predicted molar refractivity (Wildman–Crippen MR) is 109 cm³/mol. The van der Waals surface area contributed by atoms with Gasteiger partial charge in [0.25, 0.3) is 5.88 Å². The number of methoxy groups -OCH3 is 2. The van der Waals surface area contributed by atoms with E-state index < -0.39 is 17.8 Å². The van der Waals surface area contributed by atoms with Gasteiger partial charge in [0, 0.05) is 18.9 Å². The number of anilines is 2. The van der Waals surface area contributed by atoms with Crippen molar-refractivity contribution < 1.29 is 27.4 Å². The van der Waals surface area contributed by atoms with Gasteiger partial charge in [-0.1, -0.05) is 0 Å². The van der Waals surface area contributed by atoms with Gasteiger partial charge in [-0.05, 0) is 30.7 Å². The summed E-state index contributed by atoms with van der Waals surface area (Å²) in [5, 5.41) is 3.62. The van der Waals surface area contributed by atoms with Crippen molar-refractivity contribution in [2.24, 2.45) is 0 Å². The summed E-state index contributed by atoms with van der Waals surface area (Å²) in [4.78, 5) is 12.7. The number of alkyl halides is 3. The Hall–Kier alpha value is -3.34. The second-order valence-corrected chi connectivity index (χ2v) is 6.68. The van der Waals surface area contributed by atoms with Crippen molar-refractivity contribution in [3.8, 4) is 11.6 Å².